The molecular weight excluding hydrogens is 456 g/mol. The average molecular weight is 501 g/mol. The van der Waals surface area contributed by atoms with Crippen molar-refractivity contribution in [3.63, 3.8) is 0 Å². The number of hydrogen-bond donors (Lipinski definition) is 0. The molecule has 0 aromatic rings. The summed E-state index contributed by atoms with van der Waals surface area (Å²) in [5, 5.41) is 0. The fourth-order valence-electron chi connectivity index (χ4n) is 7.75. The van der Waals surface area contributed by atoms with Gasteiger partial charge in [0.05, 0.1) is 13.2 Å². The Hall–Kier alpha value is -1.50. The normalized spacial score (nSPS) is 42.8. The molecule has 6 heteroatoms. The van der Waals surface area contributed by atoms with Crippen LogP contribution in [0.25, 0.3) is 0 Å². The number of esters is 1. The molecule has 0 aromatic carbocycles. The summed E-state index contributed by atoms with van der Waals surface area (Å²) in [7, 11) is 0. The maximum Gasteiger partial charge on any atom is 0.333 e. The quantitative estimate of drug-likeness (QED) is 0.274. The number of ketones is 1. The maximum atomic E-state index is 12.7. The third kappa shape index (κ3) is 4.31. The second-order valence-electron chi connectivity index (χ2n) is 13.2. The first-order valence-electron chi connectivity index (χ1n) is 14.0. The summed E-state index contributed by atoms with van der Waals surface area (Å²) in [6.07, 6.45) is 10.2. The Morgan fingerprint density at radius 2 is 1.83 bits per heavy atom. The van der Waals surface area contributed by atoms with E-state index in [4.69, 9.17) is 18.9 Å². The minimum Gasteiger partial charge on any atom is -0.462 e. The van der Waals surface area contributed by atoms with Gasteiger partial charge in [-0.3, -0.25) is 4.79 Å². The molecule has 0 aromatic heterocycles. The summed E-state index contributed by atoms with van der Waals surface area (Å²) in [5.74, 6) is 0.550. The van der Waals surface area contributed by atoms with Crippen LogP contribution in [0, 0.1) is 23.2 Å². The van der Waals surface area contributed by atoms with Crippen molar-refractivity contribution >= 4 is 11.8 Å². The van der Waals surface area contributed by atoms with Crippen molar-refractivity contribution in [3.05, 3.63) is 23.8 Å². The molecule has 1 aliphatic carbocycles. The molecule has 36 heavy (non-hydrogen) atoms. The number of Topliss-reactive ketones (excluding diaryl/α,β-unsaturated/α-hetero) is 1. The van der Waals surface area contributed by atoms with E-state index in [1.54, 1.807) is 0 Å². The first-order chi connectivity index (χ1) is 16.9. The Morgan fingerprint density at radius 3 is 2.50 bits per heavy atom. The van der Waals surface area contributed by atoms with Gasteiger partial charge in [-0.2, -0.15) is 0 Å². The molecule has 2 bridgehead atoms. The summed E-state index contributed by atoms with van der Waals surface area (Å²) in [5.41, 5.74) is 0.861. The predicted octanol–water partition coefficient (Wildman–Crippen LogP) is 5.69. The van der Waals surface area contributed by atoms with Crippen LogP contribution in [-0.2, 0) is 28.5 Å². The van der Waals surface area contributed by atoms with Crippen LogP contribution in [0.5, 0.6) is 0 Å². The Bertz CT molecular complexity index is 952. The summed E-state index contributed by atoms with van der Waals surface area (Å²) in [6.45, 7) is 16.1. The van der Waals surface area contributed by atoms with Crippen molar-refractivity contribution < 1.29 is 28.5 Å². The molecule has 0 unspecified atom stereocenters. The number of fused-ring (bicyclic) bond motifs is 3. The molecule has 5 fully saturated rings. The van der Waals surface area contributed by atoms with Gasteiger partial charge in [-0.05, 0) is 82.5 Å². The maximum absolute atomic E-state index is 12.7. The van der Waals surface area contributed by atoms with Gasteiger partial charge in [-0.25, -0.2) is 4.79 Å². The largest absolute Gasteiger partial charge is 0.462 e. The molecule has 0 N–H and O–H groups in total. The Kier molecular flexibility index (Phi) is 6.57. The number of cyclic esters (lactones) is 1. The molecule has 0 radical (unpaired) electrons. The number of carbonyl (C=O) groups is 2. The lowest BCUT2D eigenvalue weighted by Gasteiger charge is -2.49. The van der Waals surface area contributed by atoms with Crippen LogP contribution < -0.4 is 0 Å². The molecule has 1 saturated carbocycles. The number of rotatable bonds is 5. The zero-order valence-electron chi connectivity index (χ0n) is 22.8. The first kappa shape index (κ1) is 26.1. The smallest absolute Gasteiger partial charge is 0.333 e. The number of allylic oxidation sites excluding steroid dienone is 2. The van der Waals surface area contributed by atoms with E-state index in [9.17, 15) is 9.59 Å². The number of ether oxygens (including phenoxy) is 4. The zero-order valence-corrected chi connectivity index (χ0v) is 22.8. The summed E-state index contributed by atoms with van der Waals surface area (Å²) < 4.78 is 24.2. The number of hydrogen-bond acceptors (Lipinski definition) is 6. The third-order valence-corrected chi connectivity index (χ3v) is 10.2. The molecule has 4 saturated heterocycles. The molecule has 1 spiro atoms. The van der Waals surface area contributed by atoms with Crippen molar-refractivity contribution in [2.45, 2.75) is 115 Å². The van der Waals surface area contributed by atoms with Crippen molar-refractivity contribution in [2.75, 3.05) is 13.2 Å². The first-order valence-corrected chi connectivity index (χ1v) is 14.0. The minimum atomic E-state index is -0.831. The fourth-order valence-corrected chi connectivity index (χ4v) is 7.75. The molecule has 4 heterocycles. The Balaban J connectivity index is 1.18. The molecule has 0 amide bonds. The molecule has 4 aliphatic heterocycles. The monoisotopic (exact) mass is 500 g/mol. The second-order valence-corrected chi connectivity index (χ2v) is 13.2. The SMILES string of the molecule is C=C1CC[C@@H](CC[C@H]2CC[C@]3(OC2)O[C@H]2C[C@]3(C)OC(C)(C)C2=O)C(C)(C)[C@H]1CC=C1CCOC1=O. The van der Waals surface area contributed by atoms with Crippen LogP contribution in [0.1, 0.15) is 92.4 Å². The fraction of sp³-hybridized carbons (Fsp3) is 0.800. The van der Waals surface area contributed by atoms with Gasteiger partial charge in [0.1, 0.15) is 17.3 Å². The molecular formula is C30H44O6. The highest BCUT2D eigenvalue weighted by atomic mass is 16.7. The molecule has 5 aliphatic rings. The van der Waals surface area contributed by atoms with Gasteiger partial charge in [0.15, 0.2) is 11.6 Å². The van der Waals surface area contributed by atoms with Crippen LogP contribution in [0.4, 0.5) is 0 Å². The Labute approximate surface area is 216 Å². The van der Waals surface area contributed by atoms with Crippen LogP contribution in [0.15, 0.2) is 23.8 Å². The highest BCUT2D eigenvalue weighted by Crippen LogP contribution is 2.55. The molecule has 5 rings (SSSR count). The van der Waals surface area contributed by atoms with E-state index in [0.717, 1.165) is 44.1 Å². The van der Waals surface area contributed by atoms with E-state index in [-0.39, 0.29) is 17.2 Å². The third-order valence-electron chi connectivity index (χ3n) is 10.2. The predicted molar refractivity (Wildman–Crippen MR) is 136 cm³/mol. The topological polar surface area (TPSA) is 71.1 Å². The highest BCUT2D eigenvalue weighted by molar-refractivity contribution is 5.92. The summed E-state index contributed by atoms with van der Waals surface area (Å²) >= 11 is 0. The van der Waals surface area contributed by atoms with Crippen molar-refractivity contribution in [1.82, 2.24) is 0 Å². The van der Waals surface area contributed by atoms with Gasteiger partial charge in [0.25, 0.3) is 0 Å². The number of carbonyl (C=O) groups excluding carboxylic acids is 2. The second kappa shape index (κ2) is 9.06. The van der Waals surface area contributed by atoms with Crippen LogP contribution >= 0.6 is 0 Å². The van der Waals surface area contributed by atoms with Gasteiger partial charge in [-0.15, -0.1) is 0 Å². The highest BCUT2D eigenvalue weighted by Gasteiger charge is 2.67. The van der Waals surface area contributed by atoms with Crippen LogP contribution in [-0.4, -0.2) is 48.1 Å². The van der Waals surface area contributed by atoms with Crippen LogP contribution in [0.3, 0.4) is 0 Å². The van der Waals surface area contributed by atoms with Gasteiger partial charge < -0.3 is 18.9 Å². The van der Waals surface area contributed by atoms with E-state index in [1.165, 1.54) is 18.4 Å². The lowest BCUT2D eigenvalue weighted by Crippen LogP contribution is -2.59. The molecule has 200 valence electrons. The average Bonchev–Trinajstić information content (AvgIpc) is 3.31. The molecule has 6 atom stereocenters. The van der Waals surface area contributed by atoms with Gasteiger partial charge in [0.2, 0.25) is 0 Å². The van der Waals surface area contributed by atoms with Crippen molar-refractivity contribution in [1.29, 1.82) is 0 Å². The lowest BCUT2D eigenvalue weighted by molar-refractivity contribution is -0.316. The standard InChI is InChI=1S/C30H44O6/c1-19-7-10-22(27(2,3)23(19)12-9-21-14-16-33-26(21)32)11-8-20-13-15-30(34-18-20)29(6)17-24(35-30)25(31)28(4,5)36-29/h9,20,22-24H,1,7-8,10-18H2,2-6H3/t20-,22-,23-,24-,29-,30-/m0/s1. The van der Waals surface area contributed by atoms with Crippen LogP contribution in [0.2, 0.25) is 0 Å². The van der Waals surface area contributed by atoms with E-state index < -0.39 is 23.1 Å². The minimum absolute atomic E-state index is 0.0266. The Morgan fingerprint density at radius 1 is 1.06 bits per heavy atom. The van der Waals surface area contributed by atoms with E-state index >= 15 is 0 Å². The van der Waals surface area contributed by atoms with Gasteiger partial charge in [0, 0.05) is 24.8 Å². The lowest BCUT2D eigenvalue weighted by atomic mass is 9.58. The van der Waals surface area contributed by atoms with E-state index in [2.05, 4.69) is 33.4 Å². The van der Waals surface area contributed by atoms with Crippen molar-refractivity contribution in [3.8, 4) is 0 Å². The zero-order chi connectivity index (χ0) is 25.9. The van der Waals surface area contributed by atoms with Crippen molar-refractivity contribution in [2.24, 2.45) is 23.2 Å². The van der Waals surface area contributed by atoms with E-state index in [0.29, 0.717) is 37.4 Å². The summed E-state index contributed by atoms with van der Waals surface area (Å²) in [6, 6.07) is 0. The summed E-state index contributed by atoms with van der Waals surface area (Å²) in [4.78, 5) is 24.6. The van der Waals surface area contributed by atoms with Gasteiger partial charge in [-0.1, -0.05) is 32.1 Å². The van der Waals surface area contributed by atoms with E-state index in [1.807, 2.05) is 13.8 Å². The molecule has 6 nitrogen and oxygen atoms in total. The van der Waals surface area contributed by atoms with Gasteiger partial charge >= 0.3 is 5.97 Å².